The first kappa shape index (κ1) is 23.2. The minimum atomic E-state index is 0.158. The van der Waals surface area contributed by atoms with Gasteiger partial charge in [0.15, 0.2) is 0 Å². The van der Waals surface area contributed by atoms with Gasteiger partial charge in [0, 0.05) is 44.8 Å². The third-order valence-corrected chi connectivity index (χ3v) is 7.24. The fourth-order valence-corrected chi connectivity index (χ4v) is 5.32. The number of nitrogens with one attached hydrogen (secondary N) is 2. The van der Waals surface area contributed by atoms with Gasteiger partial charge in [-0.15, -0.1) is 0 Å². The summed E-state index contributed by atoms with van der Waals surface area (Å²) in [5, 5.41) is 4.49. The third-order valence-electron chi connectivity index (χ3n) is 4.48. The molecule has 0 radical (unpaired) electrons. The van der Waals surface area contributed by atoms with Gasteiger partial charge in [0.2, 0.25) is 5.91 Å². The van der Waals surface area contributed by atoms with E-state index >= 15 is 0 Å². The minimum Gasteiger partial charge on any atom is -0.355 e. The van der Waals surface area contributed by atoms with Crippen LogP contribution >= 0.6 is 46.9 Å². The lowest BCUT2D eigenvalue weighted by atomic mass is 9.86. The molecule has 2 rings (SSSR count). The van der Waals surface area contributed by atoms with E-state index in [-0.39, 0.29) is 16.6 Å². The highest BCUT2D eigenvalue weighted by Crippen LogP contribution is 2.29. The Morgan fingerprint density at radius 3 is 2.37 bits per heavy atom. The second-order valence-corrected chi connectivity index (χ2v) is 11.5. The number of carbonyl (C=O) groups excluding carboxylic acids is 1. The molecule has 0 bridgehead atoms. The second kappa shape index (κ2) is 11.2. The number of amides is 1. The van der Waals surface area contributed by atoms with Crippen molar-refractivity contribution in [3.05, 3.63) is 33.8 Å². The molecule has 0 heterocycles. The maximum absolute atomic E-state index is 12.4. The number of benzene rings is 1. The maximum Gasteiger partial charge on any atom is 0.223 e. The summed E-state index contributed by atoms with van der Waals surface area (Å²) >= 11 is 15.9. The monoisotopic (exact) mass is 448 g/mol. The quantitative estimate of drug-likeness (QED) is 0.381. The molecule has 0 spiro atoms. The molecule has 2 N–H and O–H groups in total. The predicted molar refractivity (Wildman–Crippen MR) is 122 cm³/mol. The van der Waals surface area contributed by atoms with Gasteiger partial charge in [-0.1, -0.05) is 41.2 Å². The minimum absolute atomic E-state index is 0.158. The zero-order chi connectivity index (χ0) is 19.9. The second-order valence-electron chi connectivity index (χ2n) is 7.92. The van der Waals surface area contributed by atoms with Crippen molar-refractivity contribution in [3.63, 3.8) is 0 Å². The van der Waals surface area contributed by atoms with Crippen LogP contribution in [0.25, 0.3) is 0 Å². The Labute approximate surface area is 182 Å². The van der Waals surface area contributed by atoms with Gasteiger partial charge < -0.3 is 5.32 Å². The van der Waals surface area contributed by atoms with Crippen molar-refractivity contribution < 1.29 is 4.79 Å². The van der Waals surface area contributed by atoms with Gasteiger partial charge in [0.1, 0.15) is 0 Å². The smallest absolute Gasteiger partial charge is 0.223 e. The molecule has 1 fully saturated rings. The van der Waals surface area contributed by atoms with E-state index in [0.29, 0.717) is 22.6 Å². The highest BCUT2D eigenvalue weighted by Gasteiger charge is 2.26. The molecule has 1 aromatic carbocycles. The zero-order valence-electron chi connectivity index (χ0n) is 16.3. The van der Waals surface area contributed by atoms with Gasteiger partial charge >= 0.3 is 0 Å². The summed E-state index contributed by atoms with van der Waals surface area (Å²) in [5.74, 6) is 1.97. The van der Waals surface area contributed by atoms with Gasteiger partial charge in [0.25, 0.3) is 0 Å². The topological polar surface area (TPSA) is 41.1 Å². The molecule has 0 aliphatic heterocycles. The van der Waals surface area contributed by atoms with Crippen molar-refractivity contribution in [1.29, 1.82) is 0 Å². The fourth-order valence-electron chi connectivity index (χ4n) is 2.97. The van der Waals surface area contributed by atoms with Crippen LogP contribution in [0.15, 0.2) is 18.2 Å². The number of rotatable bonds is 8. The predicted octanol–water partition coefficient (Wildman–Crippen LogP) is 5.94. The van der Waals surface area contributed by atoms with Crippen LogP contribution in [0.5, 0.6) is 0 Å². The molecule has 27 heavy (non-hydrogen) atoms. The van der Waals surface area contributed by atoms with Crippen LogP contribution in [-0.2, 0) is 10.5 Å². The van der Waals surface area contributed by atoms with Crippen LogP contribution in [0.1, 0.15) is 52.0 Å². The van der Waals surface area contributed by atoms with Crippen LogP contribution < -0.4 is 10.0 Å². The van der Waals surface area contributed by atoms with E-state index in [4.69, 9.17) is 23.2 Å². The number of hydrogen-bond acceptors (Lipinski definition) is 4. The van der Waals surface area contributed by atoms with Crippen molar-refractivity contribution in [1.82, 2.24) is 10.0 Å². The maximum atomic E-state index is 12.4. The Balaban J connectivity index is 1.60. The van der Waals surface area contributed by atoms with Crippen molar-refractivity contribution >= 4 is 52.8 Å². The molecule has 152 valence electrons. The molecule has 1 aliphatic rings. The van der Waals surface area contributed by atoms with Crippen LogP contribution in [-0.4, -0.2) is 29.0 Å². The van der Waals surface area contributed by atoms with Crippen molar-refractivity contribution in [3.8, 4) is 0 Å². The van der Waals surface area contributed by atoms with E-state index in [1.807, 2.05) is 18.2 Å². The lowest BCUT2D eigenvalue weighted by Crippen LogP contribution is -2.38. The van der Waals surface area contributed by atoms with E-state index < -0.39 is 0 Å². The first-order valence-corrected chi connectivity index (χ1v) is 12.2. The van der Waals surface area contributed by atoms with Crippen LogP contribution in [0.3, 0.4) is 0 Å². The SMILES string of the molecule is CC(C)(C)SNC1CCC(C(=O)NCCSCc2c(Cl)cccc2Cl)CC1. The average molecular weight is 450 g/mol. The van der Waals surface area contributed by atoms with E-state index in [1.165, 1.54) is 0 Å². The van der Waals surface area contributed by atoms with Gasteiger partial charge in [-0.05, 0) is 64.2 Å². The van der Waals surface area contributed by atoms with E-state index in [1.54, 1.807) is 23.7 Å². The fraction of sp³-hybridized carbons (Fsp3) is 0.650. The lowest BCUT2D eigenvalue weighted by Gasteiger charge is -2.30. The number of halogens is 2. The summed E-state index contributed by atoms with van der Waals surface area (Å²) < 4.78 is 3.79. The Morgan fingerprint density at radius 2 is 1.78 bits per heavy atom. The van der Waals surface area contributed by atoms with Gasteiger partial charge in [0.05, 0.1) is 0 Å². The third kappa shape index (κ3) is 8.45. The first-order valence-electron chi connectivity index (χ1n) is 9.48. The Kier molecular flexibility index (Phi) is 9.63. The number of carbonyl (C=O) groups is 1. The van der Waals surface area contributed by atoms with E-state index in [9.17, 15) is 4.79 Å². The molecule has 7 heteroatoms. The molecule has 1 amide bonds. The van der Waals surface area contributed by atoms with Crippen molar-refractivity contribution in [2.45, 2.75) is 63.0 Å². The van der Waals surface area contributed by atoms with Crippen LogP contribution in [0.2, 0.25) is 10.0 Å². The molecule has 0 aromatic heterocycles. The molecule has 3 nitrogen and oxygen atoms in total. The molecular weight excluding hydrogens is 419 g/mol. The average Bonchev–Trinajstić information content (AvgIpc) is 2.61. The van der Waals surface area contributed by atoms with E-state index in [0.717, 1.165) is 42.8 Å². The van der Waals surface area contributed by atoms with Crippen LogP contribution in [0.4, 0.5) is 0 Å². The summed E-state index contributed by atoms with van der Waals surface area (Å²) in [7, 11) is 0. The van der Waals surface area contributed by atoms with E-state index in [2.05, 4.69) is 30.8 Å². The zero-order valence-corrected chi connectivity index (χ0v) is 19.5. The molecule has 1 saturated carbocycles. The highest BCUT2D eigenvalue weighted by atomic mass is 35.5. The van der Waals surface area contributed by atoms with Crippen molar-refractivity contribution in [2.24, 2.45) is 5.92 Å². The Hall–Kier alpha value is -0.0700. The summed E-state index contributed by atoms with van der Waals surface area (Å²) in [6.07, 6.45) is 4.08. The standard InChI is InChI=1S/C20H30Cl2N2OS2/c1-20(2,3)27-24-15-9-7-14(8-10-15)19(25)23-11-12-26-13-16-17(21)5-4-6-18(16)22/h4-6,14-15,24H,7-13H2,1-3H3,(H,23,25). The largest absolute Gasteiger partial charge is 0.355 e. The summed E-state index contributed by atoms with van der Waals surface area (Å²) in [5.41, 5.74) is 0.969. The number of thioether (sulfide) groups is 1. The Morgan fingerprint density at radius 1 is 1.15 bits per heavy atom. The molecule has 0 saturated heterocycles. The van der Waals surface area contributed by atoms with Gasteiger partial charge in [-0.2, -0.15) is 11.8 Å². The number of hydrogen-bond donors (Lipinski definition) is 2. The Bertz CT molecular complexity index is 594. The normalized spacial score (nSPS) is 20.5. The first-order chi connectivity index (χ1) is 12.8. The molecule has 1 aromatic rings. The molecular formula is C20H30Cl2N2OS2. The summed E-state index contributed by atoms with van der Waals surface area (Å²) in [4.78, 5) is 12.4. The summed E-state index contributed by atoms with van der Waals surface area (Å²) in [6, 6.07) is 6.09. The van der Waals surface area contributed by atoms with Gasteiger partial charge in [-0.3, -0.25) is 9.52 Å². The summed E-state index contributed by atoms with van der Waals surface area (Å²) in [6.45, 7) is 7.31. The molecule has 0 atom stereocenters. The van der Waals surface area contributed by atoms with Crippen molar-refractivity contribution in [2.75, 3.05) is 12.3 Å². The molecule has 1 aliphatic carbocycles. The molecule has 0 unspecified atom stereocenters. The lowest BCUT2D eigenvalue weighted by molar-refractivity contribution is -0.125. The van der Waals surface area contributed by atoms with Gasteiger partial charge in [-0.25, -0.2) is 0 Å². The highest BCUT2D eigenvalue weighted by molar-refractivity contribution is 7.98. The van der Waals surface area contributed by atoms with Crippen LogP contribution in [0, 0.1) is 5.92 Å².